The summed E-state index contributed by atoms with van der Waals surface area (Å²) in [6.45, 7) is 1.16. The molecule has 0 atom stereocenters. The molecule has 5 nitrogen and oxygen atoms in total. The second kappa shape index (κ2) is 4.95. The average molecular weight is 276 g/mol. The molecular formula is C13H10ClN3O2. The smallest absolute Gasteiger partial charge is 0.256 e. The van der Waals surface area contributed by atoms with Crippen LogP contribution >= 0.6 is 11.6 Å². The third kappa shape index (κ3) is 2.57. The zero-order chi connectivity index (χ0) is 13.2. The van der Waals surface area contributed by atoms with Crippen LogP contribution in [0.4, 0.5) is 5.82 Å². The molecule has 1 aliphatic heterocycles. The van der Waals surface area contributed by atoms with Gasteiger partial charge in [-0.05, 0) is 23.3 Å². The van der Waals surface area contributed by atoms with Crippen LogP contribution in [0.5, 0.6) is 0 Å². The van der Waals surface area contributed by atoms with Gasteiger partial charge in [0.05, 0.1) is 13.2 Å². The molecule has 0 spiro atoms. The van der Waals surface area contributed by atoms with E-state index < -0.39 is 0 Å². The summed E-state index contributed by atoms with van der Waals surface area (Å²) in [5, 5.41) is 2.96. The first-order chi connectivity index (χ1) is 9.22. The van der Waals surface area contributed by atoms with Gasteiger partial charge in [0.25, 0.3) is 5.91 Å². The molecular weight excluding hydrogens is 266 g/mol. The number of anilines is 1. The number of rotatable bonds is 2. The van der Waals surface area contributed by atoms with Gasteiger partial charge in [0.1, 0.15) is 17.3 Å². The van der Waals surface area contributed by atoms with Crippen molar-refractivity contribution in [2.45, 2.75) is 13.2 Å². The van der Waals surface area contributed by atoms with E-state index in [4.69, 9.17) is 16.3 Å². The minimum absolute atomic E-state index is 0.232. The second-order valence-corrected chi connectivity index (χ2v) is 4.54. The van der Waals surface area contributed by atoms with Gasteiger partial charge in [-0.2, -0.15) is 0 Å². The summed E-state index contributed by atoms with van der Waals surface area (Å²) in [4.78, 5) is 19.7. The van der Waals surface area contributed by atoms with Crippen molar-refractivity contribution < 1.29 is 9.53 Å². The first kappa shape index (κ1) is 12.1. The van der Waals surface area contributed by atoms with Gasteiger partial charge < -0.3 is 10.1 Å². The summed E-state index contributed by atoms with van der Waals surface area (Å²) in [5.74, 6) is 0.145. The van der Waals surface area contributed by atoms with Crippen LogP contribution in [0.15, 0.2) is 30.6 Å². The van der Waals surface area contributed by atoms with Gasteiger partial charge in [-0.3, -0.25) is 4.79 Å². The fraction of sp³-hybridized carbons (Fsp3) is 0.154. The lowest BCUT2D eigenvalue weighted by Gasteiger charge is -2.05. The van der Waals surface area contributed by atoms with Gasteiger partial charge in [-0.15, -0.1) is 0 Å². The van der Waals surface area contributed by atoms with E-state index in [1.54, 1.807) is 6.07 Å². The Morgan fingerprint density at radius 2 is 2.05 bits per heavy atom. The topological polar surface area (TPSA) is 64.1 Å². The number of nitrogens with one attached hydrogen (secondary N) is 1. The molecule has 1 N–H and O–H groups in total. The lowest BCUT2D eigenvalue weighted by molar-refractivity contribution is 0.102. The van der Waals surface area contributed by atoms with E-state index in [0.717, 1.165) is 11.1 Å². The maximum atomic E-state index is 12.1. The largest absolute Gasteiger partial charge is 0.372 e. The third-order valence-electron chi connectivity index (χ3n) is 2.86. The van der Waals surface area contributed by atoms with Crippen LogP contribution < -0.4 is 5.32 Å². The van der Waals surface area contributed by atoms with Crippen LogP contribution in [-0.4, -0.2) is 15.9 Å². The monoisotopic (exact) mass is 275 g/mol. The Labute approximate surface area is 114 Å². The predicted molar refractivity (Wildman–Crippen MR) is 69.9 cm³/mol. The number of ether oxygens (including phenoxy) is 1. The molecule has 1 aliphatic rings. The van der Waals surface area contributed by atoms with E-state index in [1.807, 2.05) is 12.1 Å². The maximum Gasteiger partial charge on any atom is 0.256 e. The van der Waals surface area contributed by atoms with Crippen molar-refractivity contribution in [1.29, 1.82) is 0 Å². The van der Waals surface area contributed by atoms with Crippen LogP contribution in [0.3, 0.4) is 0 Å². The number of hydrogen-bond donors (Lipinski definition) is 1. The number of carbonyl (C=O) groups is 1. The number of benzene rings is 1. The quantitative estimate of drug-likeness (QED) is 0.855. The highest BCUT2D eigenvalue weighted by molar-refractivity contribution is 6.29. The molecule has 0 fully saturated rings. The van der Waals surface area contributed by atoms with E-state index in [2.05, 4.69) is 15.3 Å². The van der Waals surface area contributed by atoms with Gasteiger partial charge in [-0.1, -0.05) is 17.7 Å². The van der Waals surface area contributed by atoms with Gasteiger partial charge in [0, 0.05) is 11.6 Å². The van der Waals surface area contributed by atoms with Gasteiger partial charge in [0.2, 0.25) is 0 Å². The lowest BCUT2D eigenvalue weighted by Crippen LogP contribution is -2.13. The summed E-state index contributed by atoms with van der Waals surface area (Å²) in [6.07, 6.45) is 1.30. The maximum absolute atomic E-state index is 12.1. The van der Waals surface area contributed by atoms with Gasteiger partial charge in [0.15, 0.2) is 0 Å². The number of carbonyl (C=O) groups excluding carboxylic acids is 1. The molecule has 0 saturated carbocycles. The Balaban J connectivity index is 1.81. The summed E-state index contributed by atoms with van der Waals surface area (Å²) < 4.78 is 5.31. The molecule has 1 amide bonds. The number of aromatic nitrogens is 2. The van der Waals surface area contributed by atoms with Crippen molar-refractivity contribution in [2.75, 3.05) is 5.32 Å². The number of halogens is 1. The Kier molecular flexibility index (Phi) is 3.15. The number of amides is 1. The molecule has 1 aromatic heterocycles. The van der Waals surface area contributed by atoms with E-state index in [1.165, 1.54) is 12.4 Å². The molecule has 6 heteroatoms. The number of fused-ring (bicyclic) bond motifs is 1. The Morgan fingerprint density at radius 1 is 1.21 bits per heavy atom. The Hall–Kier alpha value is -1.98. The van der Waals surface area contributed by atoms with Crippen LogP contribution in [-0.2, 0) is 18.0 Å². The predicted octanol–water partition coefficient (Wildman–Crippen LogP) is 2.41. The Bertz CT molecular complexity index is 646. The molecule has 1 aromatic carbocycles. The SMILES string of the molecule is O=C(Nc1cc(Cl)ncn1)c1ccc2c(c1)COC2. The van der Waals surface area contributed by atoms with E-state index in [0.29, 0.717) is 24.6 Å². The molecule has 0 saturated heterocycles. The number of hydrogen-bond acceptors (Lipinski definition) is 4. The van der Waals surface area contributed by atoms with Crippen LogP contribution in [0.1, 0.15) is 21.5 Å². The van der Waals surface area contributed by atoms with Crippen molar-refractivity contribution in [3.63, 3.8) is 0 Å². The average Bonchev–Trinajstić information content (AvgIpc) is 2.85. The molecule has 0 unspecified atom stereocenters. The molecule has 19 heavy (non-hydrogen) atoms. The van der Waals surface area contributed by atoms with Crippen molar-refractivity contribution in [2.24, 2.45) is 0 Å². The third-order valence-corrected chi connectivity index (χ3v) is 3.07. The van der Waals surface area contributed by atoms with Crippen LogP contribution in [0.25, 0.3) is 0 Å². The number of nitrogens with zero attached hydrogens (tertiary/aromatic N) is 2. The van der Waals surface area contributed by atoms with Crippen molar-refractivity contribution >= 4 is 23.3 Å². The zero-order valence-electron chi connectivity index (χ0n) is 9.89. The molecule has 96 valence electrons. The molecule has 2 heterocycles. The highest BCUT2D eigenvalue weighted by Gasteiger charge is 2.14. The summed E-state index contributed by atoms with van der Waals surface area (Å²) in [5.41, 5.74) is 2.74. The van der Waals surface area contributed by atoms with Crippen molar-refractivity contribution in [3.8, 4) is 0 Å². The summed E-state index contributed by atoms with van der Waals surface area (Å²) in [6, 6.07) is 7.01. The zero-order valence-corrected chi connectivity index (χ0v) is 10.6. The standard InChI is InChI=1S/C13H10ClN3O2/c14-11-4-12(16-7-15-11)17-13(18)8-1-2-9-5-19-6-10(9)3-8/h1-4,7H,5-6H2,(H,15,16,17,18). The van der Waals surface area contributed by atoms with E-state index in [9.17, 15) is 4.79 Å². The molecule has 0 aliphatic carbocycles. The lowest BCUT2D eigenvalue weighted by atomic mass is 10.1. The van der Waals surface area contributed by atoms with Crippen molar-refractivity contribution in [3.05, 3.63) is 52.4 Å². The summed E-state index contributed by atoms with van der Waals surface area (Å²) in [7, 11) is 0. The fourth-order valence-corrected chi connectivity index (χ4v) is 2.05. The molecule has 3 rings (SSSR count). The normalized spacial score (nSPS) is 13.1. The van der Waals surface area contributed by atoms with E-state index >= 15 is 0 Å². The first-order valence-electron chi connectivity index (χ1n) is 5.71. The minimum atomic E-state index is -0.232. The molecule has 0 bridgehead atoms. The van der Waals surface area contributed by atoms with E-state index in [-0.39, 0.29) is 11.1 Å². The molecule has 0 radical (unpaired) electrons. The first-order valence-corrected chi connectivity index (χ1v) is 6.08. The second-order valence-electron chi connectivity index (χ2n) is 4.16. The minimum Gasteiger partial charge on any atom is -0.372 e. The summed E-state index contributed by atoms with van der Waals surface area (Å²) >= 11 is 5.73. The molecule has 2 aromatic rings. The highest BCUT2D eigenvalue weighted by atomic mass is 35.5. The van der Waals surface area contributed by atoms with Gasteiger partial charge >= 0.3 is 0 Å². The van der Waals surface area contributed by atoms with Crippen LogP contribution in [0.2, 0.25) is 5.15 Å². The fourth-order valence-electron chi connectivity index (χ4n) is 1.90. The highest BCUT2D eigenvalue weighted by Crippen LogP contribution is 2.21. The Morgan fingerprint density at radius 3 is 2.89 bits per heavy atom. The van der Waals surface area contributed by atoms with Crippen molar-refractivity contribution in [1.82, 2.24) is 9.97 Å². The van der Waals surface area contributed by atoms with Gasteiger partial charge in [-0.25, -0.2) is 9.97 Å². The van der Waals surface area contributed by atoms with Crippen LogP contribution in [0, 0.1) is 0 Å².